The highest BCUT2D eigenvalue weighted by Crippen LogP contribution is 2.33. The van der Waals surface area contributed by atoms with Gasteiger partial charge in [-0.3, -0.25) is 4.57 Å². The molecule has 0 spiro atoms. The molecule has 178 valence electrons. The summed E-state index contributed by atoms with van der Waals surface area (Å²) in [5.74, 6) is 0.995. The zero-order chi connectivity index (χ0) is 24.3. The Morgan fingerprint density at radius 2 is 1.85 bits per heavy atom. The Morgan fingerprint density at radius 1 is 1.03 bits per heavy atom. The summed E-state index contributed by atoms with van der Waals surface area (Å²) in [5, 5.41) is 11.2. The number of rotatable bonds is 8. The predicted octanol–water partition coefficient (Wildman–Crippen LogP) is 4.93. The van der Waals surface area contributed by atoms with Gasteiger partial charge in [0.05, 0.1) is 49.3 Å². The smallest absolute Gasteiger partial charge is 0.389 e. The highest BCUT2D eigenvalue weighted by atomic mass is 19.4. The Morgan fingerprint density at radius 3 is 2.53 bits per heavy atom. The summed E-state index contributed by atoms with van der Waals surface area (Å²) in [6.45, 7) is -0.0950. The molecule has 0 saturated heterocycles. The summed E-state index contributed by atoms with van der Waals surface area (Å²) in [6.07, 6.45) is -0.550. The molecule has 11 heteroatoms. The highest BCUT2D eigenvalue weighted by Gasteiger charge is 2.26. The average molecular weight is 474 g/mol. The van der Waals surface area contributed by atoms with E-state index in [1.54, 1.807) is 36.7 Å². The molecule has 4 heterocycles. The van der Waals surface area contributed by atoms with Crippen molar-refractivity contribution in [3.05, 3.63) is 48.9 Å². The second kappa shape index (κ2) is 9.46. The van der Waals surface area contributed by atoms with Gasteiger partial charge in [0, 0.05) is 30.4 Å². The Kier molecular flexibility index (Phi) is 6.44. The molecule has 0 aliphatic heterocycles. The Balaban J connectivity index is 1.55. The van der Waals surface area contributed by atoms with E-state index in [0.29, 0.717) is 39.5 Å². The largest absolute Gasteiger partial charge is 0.494 e. The lowest BCUT2D eigenvalue weighted by Gasteiger charge is -2.08. The van der Waals surface area contributed by atoms with Crippen LogP contribution in [0.25, 0.3) is 27.8 Å². The first-order valence-electron chi connectivity index (χ1n) is 10.2. The van der Waals surface area contributed by atoms with Gasteiger partial charge in [-0.2, -0.15) is 13.2 Å². The molecule has 0 radical (unpaired) electrons. The van der Waals surface area contributed by atoms with Crippen LogP contribution in [-0.4, -0.2) is 51.6 Å². The van der Waals surface area contributed by atoms with E-state index >= 15 is 0 Å². The molecule has 0 unspecified atom stereocenters. The van der Waals surface area contributed by atoms with Crippen molar-refractivity contribution in [1.82, 2.24) is 19.5 Å². The van der Waals surface area contributed by atoms with Crippen LogP contribution in [0, 0.1) is 0 Å². The first-order chi connectivity index (χ1) is 16.3. The van der Waals surface area contributed by atoms with Crippen molar-refractivity contribution in [2.24, 2.45) is 0 Å². The maximum atomic E-state index is 12.2. The maximum Gasteiger partial charge on any atom is 0.389 e. The third-order valence-electron chi connectivity index (χ3n) is 5.03. The number of pyridine rings is 3. The summed E-state index contributed by atoms with van der Waals surface area (Å²) in [4.78, 5) is 13.0. The lowest BCUT2D eigenvalue weighted by Crippen LogP contribution is -2.10. The number of hydrogen-bond acceptors (Lipinski definition) is 7. The minimum absolute atomic E-state index is 0.0277. The van der Waals surface area contributed by atoms with Gasteiger partial charge >= 0.3 is 6.18 Å². The molecule has 0 aliphatic carbocycles. The van der Waals surface area contributed by atoms with Crippen molar-refractivity contribution >= 4 is 10.9 Å². The van der Waals surface area contributed by atoms with Crippen LogP contribution in [0.2, 0.25) is 0 Å². The molecule has 4 aromatic rings. The quantitative estimate of drug-likeness (QED) is 0.362. The minimum Gasteiger partial charge on any atom is -0.494 e. The van der Waals surface area contributed by atoms with Gasteiger partial charge in [-0.25, -0.2) is 15.0 Å². The van der Waals surface area contributed by atoms with Crippen molar-refractivity contribution in [3.8, 4) is 40.3 Å². The van der Waals surface area contributed by atoms with Gasteiger partial charge in [-0.1, -0.05) is 0 Å². The second-order valence-electron chi connectivity index (χ2n) is 7.31. The van der Waals surface area contributed by atoms with Crippen LogP contribution in [0.5, 0.6) is 23.4 Å². The van der Waals surface area contributed by atoms with Gasteiger partial charge in [0.15, 0.2) is 5.75 Å². The SMILES string of the molecule is COc1cc(-c2ccc3c(O)n(-c4ccc(OCCCC(F)(F)F)nc4)cc3n2)cnc1OC. The number of methoxy groups -OCH3 is 2. The number of ether oxygens (including phenoxy) is 3. The fourth-order valence-electron chi connectivity index (χ4n) is 3.35. The standard InChI is InChI=1S/C23H21F3N4O4/c1-32-19-10-14(11-28-21(19)33-2)17-6-5-16-18(29-17)13-30(22(16)31)15-4-7-20(27-12-15)34-9-3-8-23(24,25)26/h4-7,10-13,31H,3,8-9H2,1-2H3. The Bertz CT molecular complexity index is 1290. The topological polar surface area (TPSA) is 91.5 Å². The molecule has 8 nitrogen and oxygen atoms in total. The van der Waals surface area contributed by atoms with E-state index in [1.165, 1.54) is 31.0 Å². The number of alkyl halides is 3. The van der Waals surface area contributed by atoms with Crippen molar-refractivity contribution in [2.45, 2.75) is 19.0 Å². The summed E-state index contributed by atoms with van der Waals surface area (Å²) in [6, 6.07) is 8.43. The van der Waals surface area contributed by atoms with Crippen molar-refractivity contribution in [2.75, 3.05) is 20.8 Å². The van der Waals surface area contributed by atoms with Crippen molar-refractivity contribution in [3.63, 3.8) is 0 Å². The van der Waals surface area contributed by atoms with Crippen LogP contribution in [0.3, 0.4) is 0 Å². The molecule has 0 aliphatic rings. The van der Waals surface area contributed by atoms with Gasteiger partial charge in [-0.05, 0) is 30.7 Å². The van der Waals surface area contributed by atoms with E-state index in [1.807, 2.05) is 0 Å². The zero-order valence-corrected chi connectivity index (χ0v) is 18.3. The van der Waals surface area contributed by atoms with Crippen LogP contribution in [0.1, 0.15) is 12.8 Å². The van der Waals surface area contributed by atoms with E-state index < -0.39 is 12.6 Å². The van der Waals surface area contributed by atoms with E-state index in [4.69, 9.17) is 14.2 Å². The molecule has 0 atom stereocenters. The molecule has 0 aromatic carbocycles. The van der Waals surface area contributed by atoms with E-state index in [2.05, 4.69) is 15.0 Å². The first kappa shape index (κ1) is 23.1. The molecule has 1 N–H and O–H groups in total. The number of aromatic hydroxyl groups is 1. The third-order valence-corrected chi connectivity index (χ3v) is 5.03. The fraction of sp³-hybridized carbons (Fsp3) is 0.261. The van der Waals surface area contributed by atoms with E-state index in [9.17, 15) is 18.3 Å². The second-order valence-corrected chi connectivity index (χ2v) is 7.31. The van der Waals surface area contributed by atoms with Crippen LogP contribution < -0.4 is 14.2 Å². The summed E-state index contributed by atoms with van der Waals surface area (Å²) in [7, 11) is 3.02. The van der Waals surface area contributed by atoms with Gasteiger partial charge in [0.1, 0.15) is 0 Å². The van der Waals surface area contributed by atoms with Gasteiger partial charge in [0.2, 0.25) is 11.8 Å². The highest BCUT2D eigenvalue weighted by molar-refractivity contribution is 5.87. The summed E-state index contributed by atoms with van der Waals surface area (Å²) < 4.78 is 53.9. The van der Waals surface area contributed by atoms with Crippen molar-refractivity contribution in [1.29, 1.82) is 0 Å². The Labute approximate surface area is 192 Å². The molecule has 0 amide bonds. The summed E-state index contributed by atoms with van der Waals surface area (Å²) >= 11 is 0. The van der Waals surface area contributed by atoms with Crippen LogP contribution >= 0.6 is 0 Å². The molecule has 0 fully saturated rings. The van der Waals surface area contributed by atoms with Crippen LogP contribution in [-0.2, 0) is 0 Å². The maximum absolute atomic E-state index is 12.2. The molecular weight excluding hydrogens is 453 g/mol. The number of aromatic nitrogens is 4. The van der Waals surface area contributed by atoms with Gasteiger partial charge in [0.25, 0.3) is 5.88 Å². The van der Waals surface area contributed by atoms with E-state index in [-0.39, 0.29) is 24.8 Å². The molecule has 34 heavy (non-hydrogen) atoms. The normalized spacial score (nSPS) is 11.6. The van der Waals surface area contributed by atoms with E-state index in [0.717, 1.165) is 0 Å². The Hall–Kier alpha value is -4.02. The molecular formula is C23H21F3N4O4. The fourth-order valence-corrected chi connectivity index (χ4v) is 3.35. The van der Waals surface area contributed by atoms with Gasteiger partial charge in [-0.15, -0.1) is 0 Å². The molecule has 0 saturated carbocycles. The van der Waals surface area contributed by atoms with Crippen LogP contribution in [0.4, 0.5) is 13.2 Å². The number of nitrogens with zero attached hydrogens (tertiary/aromatic N) is 4. The number of halogens is 3. The lowest BCUT2D eigenvalue weighted by atomic mass is 10.1. The number of hydrogen-bond donors (Lipinski definition) is 1. The average Bonchev–Trinajstić information content (AvgIpc) is 3.17. The number of fused-ring (bicyclic) bond motifs is 1. The molecule has 4 aromatic heterocycles. The lowest BCUT2D eigenvalue weighted by molar-refractivity contribution is -0.136. The zero-order valence-electron chi connectivity index (χ0n) is 18.3. The van der Waals surface area contributed by atoms with Gasteiger partial charge < -0.3 is 19.3 Å². The summed E-state index contributed by atoms with van der Waals surface area (Å²) in [5.41, 5.74) is 2.41. The first-order valence-corrected chi connectivity index (χ1v) is 10.2. The van der Waals surface area contributed by atoms with Crippen molar-refractivity contribution < 1.29 is 32.5 Å². The predicted molar refractivity (Wildman–Crippen MR) is 118 cm³/mol. The molecule has 4 rings (SSSR count). The monoisotopic (exact) mass is 474 g/mol. The minimum atomic E-state index is -4.21. The third kappa shape index (κ3) is 4.98. The molecule has 0 bridgehead atoms. The van der Waals surface area contributed by atoms with Crippen LogP contribution in [0.15, 0.2) is 48.9 Å².